The summed E-state index contributed by atoms with van der Waals surface area (Å²) in [5, 5.41) is 10.9. The fourth-order valence-electron chi connectivity index (χ4n) is 2.70. The van der Waals surface area contributed by atoms with Gasteiger partial charge in [-0.1, -0.05) is 0 Å². The van der Waals surface area contributed by atoms with Gasteiger partial charge in [-0.05, 0) is 73.0 Å². The molecule has 2 atom stereocenters. The first-order chi connectivity index (χ1) is 11.7. The molecule has 0 radical (unpaired) electrons. The lowest BCUT2D eigenvalue weighted by Crippen LogP contribution is -2.44. The Morgan fingerprint density at radius 1 is 1.52 bits per heavy atom. The van der Waals surface area contributed by atoms with Crippen molar-refractivity contribution in [2.75, 3.05) is 24.8 Å². The summed E-state index contributed by atoms with van der Waals surface area (Å²) in [5.74, 6) is 0. The highest BCUT2D eigenvalue weighted by molar-refractivity contribution is 14.2. The van der Waals surface area contributed by atoms with Crippen LogP contribution in [0.1, 0.15) is 43.6 Å². The lowest BCUT2D eigenvalue weighted by atomic mass is 9.98. The first kappa shape index (κ1) is 20.4. The number of carbonyl (C=O) groups excluding carboxylic acids is 1. The molecule has 1 saturated heterocycles. The van der Waals surface area contributed by atoms with Gasteiger partial charge in [0.1, 0.15) is 11.7 Å². The minimum Gasteiger partial charge on any atom is -0.444 e. The van der Waals surface area contributed by atoms with Crippen LogP contribution in [-0.4, -0.2) is 42.5 Å². The van der Waals surface area contributed by atoms with Gasteiger partial charge >= 0.3 is 6.09 Å². The average molecular weight is 477 g/mol. The van der Waals surface area contributed by atoms with Crippen molar-refractivity contribution >= 4 is 46.4 Å². The highest BCUT2D eigenvalue weighted by atomic mass is 127. The van der Waals surface area contributed by atoms with Crippen LogP contribution >= 0.6 is 28.4 Å². The van der Waals surface area contributed by atoms with Crippen LogP contribution in [0.2, 0.25) is 0 Å². The summed E-state index contributed by atoms with van der Waals surface area (Å²) in [4.78, 5) is 14.1. The summed E-state index contributed by atoms with van der Waals surface area (Å²) in [6, 6.07) is 4.02. The number of rotatable bonds is 4. The third-order valence-electron chi connectivity index (χ3n) is 3.84. The Hall–Kier alpha value is -0.920. The second kappa shape index (κ2) is 8.64. The number of benzene rings is 1. The first-order valence-electron chi connectivity index (χ1n) is 8.11. The number of halogens is 1. The van der Waals surface area contributed by atoms with Crippen LogP contribution in [0.25, 0.3) is 0 Å². The molecule has 1 aromatic carbocycles. The molecular weight excluding hydrogens is 452 g/mol. The van der Waals surface area contributed by atoms with E-state index in [0.29, 0.717) is 26.1 Å². The summed E-state index contributed by atoms with van der Waals surface area (Å²) < 4.78 is 11.4. The molecule has 0 saturated carbocycles. The zero-order valence-electron chi connectivity index (χ0n) is 15.0. The molecule has 1 aliphatic rings. The van der Waals surface area contributed by atoms with Gasteiger partial charge in [0.15, 0.2) is 0 Å². The van der Waals surface area contributed by atoms with Gasteiger partial charge < -0.3 is 24.9 Å². The number of morpholine rings is 1. The molecule has 0 spiro atoms. The number of aryl methyl sites for hydroxylation is 1. The Bertz CT molecular complexity index is 649. The molecule has 6 nitrogen and oxygen atoms in total. The van der Waals surface area contributed by atoms with E-state index < -0.39 is 5.60 Å². The molecule has 1 aromatic rings. The fraction of sp³-hybridized carbons (Fsp3) is 0.529. The zero-order chi connectivity index (χ0) is 18.6. The number of nitrogens with zero attached hydrogens (tertiary/aromatic N) is 1. The second-order valence-electron chi connectivity index (χ2n) is 6.95. The molecule has 2 unspecified atom stereocenters. The van der Waals surface area contributed by atoms with Crippen LogP contribution in [-0.2, 0) is 9.47 Å². The monoisotopic (exact) mass is 477 g/mol. The number of hydrogen-bond donors (Lipinski definition) is 2. The van der Waals surface area contributed by atoms with Crippen molar-refractivity contribution in [1.82, 2.24) is 4.90 Å². The van der Waals surface area contributed by atoms with Crippen LogP contribution in [0.5, 0.6) is 0 Å². The molecule has 0 bridgehead atoms. The van der Waals surface area contributed by atoms with Crippen molar-refractivity contribution in [3.63, 3.8) is 0 Å². The Morgan fingerprint density at radius 3 is 2.84 bits per heavy atom. The number of amides is 1. The Morgan fingerprint density at radius 2 is 2.24 bits per heavy atom. The van der Waals surface area contributed by atoms with Gasteiger partial charge in [-0.25, -0.2) is 4.79 Å². The topological polar surface area (TPSA) is 74.7 Å². The van der Waals surface area contributed by atoms with Crippen molar-refractivity contribution in [1.29, 1.82) is 5.41 Å². The van der Waals surface area contributed by atoms with E-state index in [1.807, 2.05) is 39.8 Å². The van der Waals surface area contributed by atoms with Gasteiger partial charge in [-0.2, -0.15) is 0 Å². The van der Waals surface area contributed by atoms with E-state index in [1.165, 1.54) is 6.21 Å². The van der Waals surface area contributed by atoms with E-state index in [0.717, 1.165) is 22.4 Å². The quantitative estimate of drug-likeness (QED) is 0.376. The maximum absolute atomic E-state index is 12.4. The van der Waals surface area contributed by atoms with Crippen molar-refractivity contribution < 1.29 is 14.3 Å². The summed E-state index contributed by atoms with van der Waals surface area (Å²) >= 11 is 2.26. The van der Waals surface area contributed by atoms with E-state index in [-0.39, 0.29) is 12.2 Å². The van der Waals surface area contributed by atoms with Crippen LogP contribution < -0.4 is 5.09 Å². The number of ether oxygens (including phenoxy) is 2. The smallest absolute Gasteiger partial charge is 0.410 e. The van der Waals surface area contributed by atoms with Crippen molar-refractivity contribution in [2.45, 2.75) is 39.4 Å². The molecule has 1 amide bonds. The molecule has 0 aromatic heterocycles. The lowest BCUT2D eigenvalue weighted by molar-refractivity contribution is -0.0434. The van der Waals surface area contributed by atoms with E-state index >= 15 is 0 Å². The standard InChI is InChI=1S/C17H25IN3O3P/c1-11-7-12(9-19)14(20-25-18)8-13(11)15-10-21(5-6-23-15)16(22)24-17(2,3)4/h7-9,15,19-20,25H,5-6,10H2,1-4H3. The maximum atomic E-state index is 12.4. The summed E-state index contributed by atoms with van der Waals surface area (Å²) in [6.45, 7) is 9.08. The Balaban J connectivity index is 2.22. The van der Waals surface area contributed by atoms with E-state index in [1.54, 1.807) is 4.90 Å². The molecule has 25 heavy (non-hydrogen) atoms. The van der Waals surface area contributed by atoms with Crippen LogP contribution in [0.3, 0.4) is 0 Å². The van der Waals surface area contributed by atoms with Crippen LogP contribution in [0.4, 0.5) is 10.5 Å². The second-order valence-corrected chi connectivity index (χ2v) is 9.00. The lowest BCUT2D eigenvalue weighted by Gasteiger charge is -2.35. The number of carbonyl (C=O) groups is 1. The number of nitrogens with one attached hydrogen (secondary N) is 2. The molecule has 1 aliphatic heterocycles. The molecule has 2 rings (SSSR count). The number of hydrogen-bond acceptors (Lipinski definition) is 5. The van der Waals surface area contributed by atoms with Crippen molar-refractivity contribution in [3.05, 3.63) is 28.8 Å². The number of anilines is 1. The van der Waals surface area contributed by atoms with Gasteiger partial charge in [0, 0.05) is 30.4 Å². The van der Waals surface area contributed by atoms with E-state index in [9.17, 15) is 4.79 Å². The Labute approximate surface area is 163 Å². The van der Waals surface area contributed by atoms with Gasteiger partial charge in [0.05, 0.1) is 13.2 Å². The predicted octanol–water partition coefficient (Wildman–Crippen LogP) is 4.66. The van der Waals surface area contributed by atoms with Crippen molar-refractivity contribution in [3.8, 4) is 0 Å². The van der Waals surface area contributed by atoms with Gasteiger partial charge in [0.2, 0.25) is 0 Å². The minimum atomic E-state index is -0.509. The molecule has 138 valence electrons. The van der Waals surface area contributed by atoms with Crippen LogP contribution in [0.15, 0.2) is 12.1 Å². The molecule has 0 aliphatic carbocycles. The summed E-state index contributed by atoms with van der Waals surface area (Å²) in [5.41, 5.74) is 3.35. The van der Waals surface area contributed by atoms with Crippen LogP contribution in [0, 0.1) is 12.3 Å². The largest absolute Gasteiger partial charge is 0.444 e. The maximum Gasteiger partial charge on any atom is 0.410 e. The third-order valence-corrected chi connectivity index (χ3v) is 5.01. The average Bonchev–Trinajstić information content (AvgIpc) is 2.55. The molecule has 1 heterocycles. The fourth-order valence-corrected chi connectivity index (χ4v) is 3.89. The van der Waals surface area contributed by atoms with Crippen molar-refractivity contribution in [2.24, 2.45) is 0 Å². The minimum absolute atomic E-state index is 0.195. The van der Waals surface area contributed by atoms with E-state index in [4.69, 9.17) is 14.9 Å². The van der Waals surface area contributed by atoms with Gasteiger partial charge in [-0.3, -0.25) is 0 Å². The highest BCUT2D eigenvalue weighted by Crippen LogP contribution is 2.33. The summed E-state index contributed by atoms with van der Waals surface area (Å²) in [6.07, 6.45) is 1.37. The SMILES string of the molecule is Cc1cc(C=N)c(NPI)cc1C1CN(C(=O)OC(C)(C)C)CCO1. The molecule has 2 N–H and O–H groups in total. The molecule has 1 fully saturated rings. The van der Waals surface area contributed by atoms with Gasteiger partial charge in [0.25, 0.3) is 0 Å². The molecule has 8 heteroatoms. The van der Waals surface area contributed by atoms with E-state index in [2.05, 4.69) is 27.1 Å². The van der Waals surface area contributed by atoms with Gasteiger partial charge in [-0.15, -0.1) is 0 Å². The normalized spacial score (nSPS) is 18.4. The zero-order valence-corrected chi connectivity index (χ0v) is 18.1. The first-order valence-corrected chi connectivity index (χ1v) is 12.2. The third kappa shape index (κ3) is 5.53. The highest BCUT2D eigenvalue weighted by Gasteiger charge is 2.30. The Kier molecular flexibility index (Phi) is 7.05. The molecular formula is C17H25IN3O3P. The summed E-state index contributed by atoms with van der Waals surface area (Å²) in [7, 11) is 0. The predicted molar refractivity (Wildman–Crippen MR) is 112 cm³/mol.